The van der Waals surface area contributed by atoms with E-state index in [2.05, 4.69) is 25.9 Å². The van der Waals surface area contributed by atoms with Gasteiger partial charge in [-0.15, -0.1) is 0 Å². The Labute approximate surface area is 124 Å². The number of rotatable bonds is 2. The molecule has 1 aromatic heterocycles. The van der Waals surface area contributed by atoms with Gasteiger partial charge in [-0.3, -0.25) is 4.79 Å². The van der Waals surface area contributed by atoms with E-state index in [1.54, 1.807) is 0 Å². The zero-order chi connectivity index (χ0) is 13.9. The molecule has 20 heavy (non-hydrogen) atoms. The van der Waals surface area contributed by atoms with Gasteiger partial charge in [0, 0.05) is 21.7 Å². The second kappa shape index (κ2) is 5.43. The fourth-order valence-corrected chi connectivity index (χ4v) is 2.22. The standard InChI is InChI=1S/C16H11BrN2O/c17-13-8-6-12(7-9-13)16-18-14(10-15(20)19-16)11-4-2-1-3-5-11/h1-10H,(H,18,19,20). The quantitative estimate of drug-likeness (QED) is 0.777. The highest BCUT2D eigenvalue weighted by molar-refractivity contribution is 9.10. The molecule has 0 aliphatic carbocycles. The lowest BCUT2D eigenvalue weighted by Gasteiger charge is -2.05. The fraction of sp³-hybridized carbons (Fsp3) is 0. The summed E-state index contributed by atoms with van der Waals surface area (Å²) in [5.41, 5.74) is 2.32. The molecule has 3 nitrogen and oxygen atoms in total. The number of nitrogens with one attached hydrogen (secondary N) is 1. The van der Waals surface area contributed by atoms with Gasteiger partial charge in [-0.2, -0.15) is 0 Å². The number of aromatic nitrogens is 2. The van der Waals surface area contributed by atoms with Crippen molar-refractivity contribution in [2.45, 2.75) is 0 Å². The molecule has 1 N–H and O–H groups in total. The number of nitrogens with zero attached hydrogens (tertiary/aromatic N) is 1. The number of aromatic amines is 1. The lowest BCUT2D eigenvalue weighted by atomic mass is 10.1. The van der Waals surface area contributed by atoms with Crippen molar-refractivity contribution in [2.24, 2.45) is 0 Å². The second-order valence-corrected chi connectivity index (χ2v) is 5.27. The molecular weight excluding hydrogens is 316 g/mol. The largest absolute Gasteiger partial charge is 0.306 e. The van der Waals surface area contributed by atoms with Crippen LogP contribution in [-0.2, 0) is 0 Å². The molecule has 0 spiro atoms. The average molecular weight is 327 g/mol. The van der Waals surface area contributed by atoms with Gasteiger partial charge < -0.3 is 4.98 Å². The minimum Gasteiger partial charge on any atom is -0.306 e. The van der Waals surface area contributed by atoms with Gasteiger partial charge in [0.15, 0.2) is 0 Å². The lowest BCUT2D eigenvalue weighted by Crippen LogP contribution is -2.08. The van der Waals surface area contributed by atoms with E-state index in [-0.39, 0.29) is 5.56 Å². The van der Waals surface area contributed by atoms with Crippen molar-refractivity contribution >= 4 is 15.9 Å². The lowest BCUT2D eigenvalue weighted by molar-refractivity contribution is 1.13. The van der Waals surface area contributed by atoms with Crippen LogP contribution in [0.15, 0.2) is 69.9 Å². The summed E-state index contributed by atoms with van der Waals surface area (Å²) in [6.07, 6.45) is 0. The molecule has 0 unspecified atom stereocenters. The Bertz CT molecular complexity index is 780. The molecule has 0 saturated heterocycles. The van der Waals surface area contributed by atoms with Crippen LogP contribution >= 0.6 is 15.9 Å². The first kappa shape index (κ1) is 12.8. The van der Waals surface area contributed by atoms with Crippen LogP contribution in [0.2, 0.25) is 0 Å². The number of H-pyrrole nitrogens is 1. The minimum atomic E-state index is -0.156. The summed E-state index contributed by atoms with van der Waals surface area (Å²) in [5, 5.41) is 0. The maximum absolute atomic E-state index is 11.8. The Morgan fingerprint density at radius 2 is 1.60 bits per heavy atom. The SMILES string of the molecule is O=c1cc(-c2ccccc2)nc(-c2ccc(Br)cc2)[nH]1. The van der Waals surface area contributed by atoms with E-state index in [4.69, 9.17) is 0 Å². The summed E-state index contributed by atoms with van der Waals surface area (Å²) in [5.74, 6) is 0.573. The molecule has 4 heteroatoms. The number of benzene rings is 2. The van der Waals surface area contributed by atoms with Crippen molar-refractivity contribution in [3.8, 4) is 22.6 Å². The summed E-state index contributed by atoms with van der Waals surface area (Å²) >= 11 is 3.39. The van der Waals surface area contributed by atoms with Crippen LogP contribution in [0, 0.1) is 0 Å². The van der Waals surface area contributed by atoms with Gasteiger partial charge in [-0.25, -0.2) is 4.98 Å². The molecular formula is C16H11BrN2O. The second-order valence-electron chi connectivity index (χ2n) is 4.35. The van der Waals surface area contributed by atoms with E-state index < -0.39 is 0 Å². The maximum atomic E-state index is 11.8. The first-order valence-electron chi connectivity index (χ1n) is 6.15. The molecule has 0 aliphatic heterocycles. The highest BCUT2D eigenvalue weighted by Crippen LogP contribution is 2.20. The van der Waals surface area contributed by atoms with Gasteiger partial charge in [0.1, 0.15) is 5.82 Å². The zero-order valence-electron chi connectivity index (χ0n) is 10.5. The summed E-state index contributed by atoms with van der Waals surface area (Å²) in [6.45, 7) is 0. The molecule has 3 rings (SSSR count). The van der Waals surface area contributed by atoms with E-state index in [9.17, 15) is 4.79 Å². The molecule has 0 amide bonds. The number of hydrogen-bond donors (Lipinski definition) is 1. The van der Waals surface area contributed by atoms with Crippen LogP contribution in [-0.4, -0.2) is 9.97 Å². The normalized spacial score (nSPS) is 10.4. The Hall–Kier alpha value is -2.20. The van der Waals surface area contributed by atoms with E-state index in [1.165, 1.54) is 6.07 Å². The molecule has 0 fully saturated rings. The van der Waals surface area contributed by atoms with Gasteiger partial charge >= 0.3 is 0 Å². The summed E-state index contributed by atoms with van der Waals surface area (Å²) in [7, 11) is 0. The minimum absolute atomic E-state index is 0.156. The molecule has 98 valence electrons. The first-order valence-corrected chi connectivity index (χ1v) is 6.94. The first-order chi connectivity index (χ1) is 9.72. The smallest absolute Gasteiger partial charge is 0.251 e. The van der Waals surface area contributed by atoms with Crippen molar-refractivity contribution in [2.75, 3.05) is 0 Å². The summed E-state index contributed by atoms with van der Waals surface area (Å²) < 4.78 is 0.989. The number of hydrogen-bond acceptors (Lipinski definition) is 2. The summed E-state index contributed by atoms with van der Waals surface area (Å²) in [6, 6.07) is 18.8. The van der Waals surface area contributed by atoms with Crippen LogP contribution in [0.25, 0.3) is 22.6 Å². The van der Waals surface area contributed by atoms with E-state index in [1.807, 2.05) is 54.6 Å². The maximum Gasteiger partial charge on any atom is 0.251 e. The number of halogens is 1. The Morgan fingerprint density at radius 1 is 0.900 bits per heavy atom. The van der Waals surface area contributed by atoms with Crippen molar-refractivity contribution in [1.82, 2.24) is 9.97 Å². The molecule has 2 aromatic carbocycles. The van der Waals surface area contributed by atoms with E-state index >= 15 is 0 Å². The van der Waals surface area contributed by atoms with Crippen molar-refractivity contribution < 1.29 is 0 Å². The van der Waals surface area contributed by atoms with Crippen LogP contribution in [0.4, 0.5) is 0 Å². The van der Waals surface area contributed by atoms with Gasteiger partial charge in [0.05, 0.1) is 5.69 Å². The predicted octanol–water partition coefficient (Wildman–Crippen LogP) is 3.87. The zero-order valence-corrected chi connectivity index (χ0v) is 12.1. The van der Waals surface area contributed by atoms with Crippen LogP contribution in [0.5, 0.6) is 0 Å². The van der Waals surface area contributed by atoms with Gasteiger partial charge in [0.2, 0.25) is 0 Å². The van der Waals surface area contributed by atoms with Gasteiger partial charge in [0.25, 0.3) is 5.56 Å². The average Bonchev–Trinajstić information content (AvgIpc) is 2.48. The molecule has 0 saturated carbocycles. The third kappa shape index (κ3) is 2.70. The highest BCUT2D eigenvalue weighted by atomic mass is 79.9. The topological polar surface area (TPSA) is 45.8 Å². The molecule has 0 bridgehead atoms. The third-order valence-corrected chi connectivity index (χ3v) is 3.46. The molecule has 1 heterocycles. The van der Waals surface area contributed by atoms with Crippen molar-refractivity contribution in [1.29, 1.82) is 0 Å². The Morgan fingerprint density at radius 3 is 2.30 bits per heavy atom. The van der Waals surface area contributed by atoms with Gasteiger partial charge in [-0.05, 0) is 12.1 Å². The summed E-state index contributed by atoms with van der Waals surface area (Å²) in [4.78, 5) is 19.1. The Kier molecular flexibility index (Phi) is 3.48. The van der Waals surface area contributed by atoms with E-state index in [0.717, 1.165) is 15.6 Å². The molecule has 3 aromatic rings. The molecule has 0 atom stereocenters. The highest BCUT2D eigenvalue weighted by Gasteiger charge is 2.05. The van der Waals surface area contributed by atoms with E-state index in [0.29, 0.717) is 11.5 Å². The van der Waals surface area contributed by atoms with Crippen molar-refractivity contribution in [3.63, 3.8) is 0 Å². The van der Waals surface area contributed by atoms with Crippen LogP contribution < -0.4 is 5.56 Å². The fourth-order valence-electron chi connectivity index (χ4n) is 1.96. The van der Waals surface area contributed by atoms with Gasteiger partial charge in [-0.1, -0.05) is 58.4 Å². The predicted molar refractivity (Wildman–Crippen MR) is 83.4 cm³/mol. The van der Waals surface area contributed by atoms with Crippen molar-refractivity contribution in [3.05, 3.63) is 75.5 Å². The molecule has 0 radical (unpaired) electrons. The van der Waals surface area contributed by atoms with Crippen LogP contribution in [0.3, 0.4) is 0 Å². The Balaban J connectivity index is 2.12. The molecule has 0 aliphatic rings. The van der Waals surface area contributed by atoms with Crippen LogP contribution in [0.1, 0.15) is 0 Å². The monoisotopic (exact) mass is 326 g/mol. The third-order valence-electron chi connectivity index (χ3n) is 2.93.